The number of likely N-dealkylation sites (tertiary alicyclic amines) is 1. The van der Waals surface area contributed by atoms with Gasteiger partial charge in [-0.1, -0.05) is 23.7 Å². The summed E-state index contributed by atoms with van der Waals surface area (Å²) in [6.45, 7) is 6.79. The molecule has 8 nitrogen and oxygen atoms in total. The van der Waals surface area contributed by atoms with Gasteiger partial charge in [-0.15, -0.1) is 10.2 Å². The molecule has 1 aromatic carbocycles. The fourth-order valence-corrected chi connectivity index (χ4v) is 5.30. The number of carbonyl (C=O) groups is 1. The smallest absolute Gasteiger partial charge is 0.411 e. The van der Waals surface area contributed by atoms with E-state index in [0.717, 1.165) is 0 Å². The van der Waals surface area contributed by atoms with Crippen molar-refractivity contribution in [3.8, 4) is 0 Å². The third kappa shape index (κ3) is 4.15. The van der Waals surface area contributed by atoms with Crippen molar-refractivity contribution in [3.05, 3.63) is 41.1 Å². The van der Waals surface area contributed by atoms with Crippen molar-refractivity contribution < 1.29 is 22.4 Å². The van der Waals surface area contributed by atoms with Gasteiger partial charge in [0.15, 0.2) is 9.84 Å². The molecule has 0 unspecified atom stereocenters. The molecule has 2 atom stereocenters. The molecule has 0 bridgehead atoms. The third-order valence-electron chi connectivity index (χ3n) is 4.30. The van der Waals surface area contributed by atoms with Crippen LogP contribution in [0, 0.1) is 6.92 Å². The minimum absolute atomic E-state index is 0.0353. The highest BCUT2D eigenvalue weighted by Gasteiger charge is 2.46. The van der Waals surface area contributed by atoms with Crippen molar-refractivity contribution in [2.45, 2.75) is 55.9 Å². The number of sulfone groups is 1. The Labute approximate surface area is 168 Å². The summed E-state index contributed by atoms with van der Waals surface area (Å²) >= 11 is 6.10. The van der Waals surface area contributed by atoms with E-state index in [0.29, 0.717) is 5.89 Å². The predicted molar refractivity (Wildman–Crippen MR) is 102 cm³/mol. The van der Waals surface area contributed by atoms with Crippen molar-refractivity contribution in [3.63, 3.8) is 0 Å². The first kappa shape index (κ1) is 20.6. The second-order valence-corrected chi connectivity index (χ2v) is 10.2. The summed E-state index contributed by atoms with van der Waals surface area (Å²) in [7, 11) is -3.78. The highest BCUT2D eigenvalue weighted by molar-refractivity contribution is 7.92. The molecule has 0 N–H and O–H groups in total. The van der Waals surface area contributed by atoms with Crippen LogP contribution in [0.4, 0.5) is 4.79 Å². The second-order valence-electron chi connectivity index (χ2n) is 7.64. The van der Waals surface area contributed by atoms with Crippen molar-refractivity contribution >= 4 is 27.5 Å². The average molecular weight is 428 g/mol. The van der Waals surface area contributed by atoms with Gasteiger partial charge in [0, 0.05) is 13.5 Å². The largest absolute Gasteiger partial charge is 0.444 e. The fraction of sp³-hybridized carbons (Fsp3) is 0.500. The number of aryl methyl sites for hydroxylation is 1. The second kappa shape index (κ2) is 7.36. The number of amides is 1. The van der Waals surface area contributed by atoms with E-state index < -0.39 is 32.8 Å². The van der Waals surface area contributed by atoms with Crippen LogP contribution in [-0.2, 0) is 14.6 Å². The van der Waals surface area contributed by atoms with Gasteiger partial charge in [-0.25, -0.2) is 13.2 Å². The number of aromatic nitrogens is 2. The standard InChI is InChI=1S/C18H22ClN3O5S/c1-11-20-21-16(26-11)14-9-12(10-22(14)17(23)27-18(2,3)4)28(24,25)15-8-6-5-7-13(15)19/h5-8,12,14H,9-10H2,1-4H3/t12-,14+/m0/s1. The topological polar surface area (TPSA) is 103 Å². The summed E-state index contributed by atoms with van der Waals surface area (Å²) in [4.78, 5) is 14.1. The van der Waals surface area contributed by atoms with Crippen molar-refractivity contribution in [1.29, 1.82) is 0 Å². The van der Waals surface area contributed by atoms with Gasteiger partial charge in [-0.2, -0.15) is 0 Å². The predicted octanol–water partition coefficient (Wildman–Crippen LogP) is 3.56. The number of benzene rings is 1. The van der Waals surface area contributed by atoms with E-state index in [1.807, 2.05) is 0 Å². The number of hydrogen-bond acceptors (Lipinski definition) is 7. The van der Waals surface area contributed by atoms with Crippen LogP contribution in [0.25, 0.3) is 0 Å². The van der Waals surface area contributed by atoms with Crippen LogP contribution < -0.4 is 0 Å². The fourth-order valence-electron chi connectivity index (χ4n) is 3.08. The molecule has 0 saturated carbocycles. The maximum atomic E-state index is 13.2. The average Bonchev–Trinajstić information content (AvgIpc) is 3.20. The molecule has 2 heterocycles. The Morgan fingerprint density at radius 2 is 1.96 bits per heavy atom. The molecule has 1 aliphatic rings. The zero-order valence-corrected chi connectivity index (χ0v) is 17.6. The van der Waals surface area contributed by atoms with Crippen molar-refractivity contribution in [2.24, 2.45) is 0 Å². The highest BCUT2D eigenvalue weighted by atomic mass is 35.5. The van der Waals surface area contributed by atoms with Gasteiger partial charge in [0.2, 0.25) is 11.8 Å². The molecule has 1 aromatic heterocycles. The molecule has 1 aliphatic heterocycles. The summed E-state index contributed by atoms with van der Waals surface area (Å²) in [5.74, 6) is 0.511. The van der Waals surface area contributed by atoms with E-state index in [4.69, 9.17) is 20.8 Å². The van der Waals surface area contributed by atoms with Gasteiger partial charge in [0.25, 0.3) is 0 Å². The lowest BCUT2D eigenvalue weighted by atomic mass is 10.2. The lowest BCUT2D eigenvalue weighted by molar-refractivity contribution is 0.0203. The Morgan fingerprint density at radius 1 is 1.29 bits per heavy atom. The Balaban J connectivity index is 1.95. The van der Waals surface area contributed by atoms with E-state index in [2.05, 4.69) is 10.2 Å². The van der Waals surface area contributed by atoms with Gasteiger partial charge in [-0.3, -0.25) is 4.90 Å². The number of hydrogen-bond donors (Lipinski definition) is 0. The van der Waals surface area contributed by atoms with Crippen LogP contribution >= 0.6 is 11.6 Å². The molecule has 0 aliphatic carbocycles. The van der Waals surface area contributed by atoms with Gasteiger partial charge in [0.1, 0.15) is 11.6 Å². The lowest BCUT2D eigenvalue weighted by Gasteiger charge is -2.27. The number of rotatable bonds is 3. The lowest BCUT2D eigenvalue weighted by Crippen LogP contribution is -2.38. The van der Waals surface area contributed by atoms with Crippen LogP contribution in [0.15, 0.2) is 33.6 Å². The van der Waals surface area contributed by atoms with Crippen LogP contribution in [0.5, 0.6) is 0 Å². The van der Waals surface area contributed by atoms with Gasteiger partial charge in [-0.05, 0) is 39.3 Å². The van der Waals surface area contributed by atoms with E-state index in [-0.39, 0.29) is 28.8 Å². The monoisotopic (exact) mass is 427 g/mol. The summed E-state index contributed by atoms with van der Waals surface area (Å²) in [5.41, 5.74) is -0.730. The summed E-state index contributed by atoms with van der Waals surface area (Å²) in [6.07, 6.45) is -0.528. The van der Waals surface area contributed by atoms with Crippen molar-refractivity contribution in [1.82, 2.24) is 15.1 Å². The molecule has 3 rings (SSSR count). The molecule has 152 valence electrons. The van der Waals surface area contributed by atoms with Crippen molar-refractivity contribution in [2.75, 3.05) is 6.54 Å². The van der Waals surface area contributed by atoms with E-state index in [9.17, 15) is 13.2 Å². The summed E-state index contributed by atoms with van der Waals surface area (Å²) in [5, 5.41) is 7.03. The third-order valence-corrected chi connectivity index (χ3v) is 6.93. The molecule has 0 radical (unpaired) electrons. The van der Waals surface area contributed by atoms with Gasteiger partial charge >= 0.3 is 6.09 Å². The van der Waals surface area contributed by atoms with E-state index in [1.54, 1.807) is 39.8 Å². The molecule has 1 fully saturated rings. The summed E-state index contributed by atoms with van der Waals surface area (Å²) in [6, 6.07) is 5.55. The van der Waals surface area contributed by atoms with Crippen LogP contribution in [0.2, 0.25) is 5.02 Å². The zero-order chi connectivity index (χ0) is 20.7. The Kier molecular flexibility index (Phi) is 5.42. The molecule has 10 heteroatoms. The first-order chi connectivity index (χ1) is 13.0. The Hall–Kier alpha value is -2.13. The molecule has 28 heavy (non-hydrogen) atoms. The van der Waals surface area contributed by atoms with Crippen LogP contribution in [-0.4, -0.2) is 47.0 Å². The zero-order valence-electron chi connectivity index (χ0n) is 16.0. The number of halogens is 1. The Bertz CT molecular complexity index is 983. The Morgan fingerprint density at radius 3 is 2.54 bits per heavy atom. The minimum Gasteiger partial charge on any atom is -0.444 e. The molecule has 1 saturated heterocycles. The maximum absolute atomic E-state index is 13.2. The quantitative estimate of drug-likeness (QED) is 0.737. The first-order valence-electron chi connectivity index (χ1n) is 8.77. The molecule has 0 spiro atoms. The number of carbonyl (C=O) groups excluding carboxylic acids is 1. The van der Waals surface area contributed by atoms with E-state index >= 15 is 0 Å². The van der Waals surface area contributed by atoms with Crippen LogP contribution in [0.3, 0.4) is 0 Å². The highest BCUT2D eigenvalue weighted by Crippen LogP contribution is 2.38. The number of ether oxygens (including phenoxy) is 1. The van der Waals surface area contributed by atoms with Gasteiger partial charge < -0.3 is 9.15 Å². The minimum atomic E-state index is -3.78. The SMILES string of the molecule is Cc1nnc([C@H]2C[C@H](S(=O)(=O)c3ccccc3Cl)CN2C(=O)OC(C)(C)C)o1. The molecular weight excluding hydrogens is 406 g/mol. The molecule has 2 aromatic rings. The van der Waals surface area contributed by atoms with E-state index in [1.165, 1.54) is 17.0 Å². The van der Waals surface area contributed by atoms with Crippen LogP contribution in [0.1, 0.15) is 45.0 Å². The summed E-state index contributed by atoms with van der Waals surface area (Å²) < 4.78 is 37.2. The maximum Gasteiger partial charge on any atom is 0.411 e. The first-order valence-corrected chi connectivity index (χ1v) is 10.7. The molecule has 1 amide bonds. The molecular formula is C18H22ClN3O5S. The number of nitrogens with zero attached hydrogens (tertiary/aromatic N) is 3. The van der Waals surface area contributed by atoms with Gasteiger partial charge in [0.05, 0.1) is 15.2 Å². The normalized spacial score (nSPS) is 20.4.